The first kappa shape index (κ1) is 13.9. The van der Waals surface area contributed by atoms with Crippen LogP contribution in [0.4, 0.5) is 5.82 Å². The molecule has 3 aromatic rings. The van der Waals surface area contributed by atoms with E-state index >= 15 is 0 Å². The van der Waals surface area contributed by atoms with Gasteiger partial charge in [0.1, 0.15) is 16.6 Å². The molecule has 6 heteroatoms. The van der Waals surface area contributed by atoms with Gasteiger partial charge in [-0.2, -0.15) is 0 Å². The molecule has 3 rings (SSSR count). The zero-order valence-electron chi connectivity index (χ0n) is 11.5. The molecule has 1 unspecified atom stereocenters. The summed E-state index contributed by atoms with van der Waals surface area (Å²) in [4.78, 5) is 11.6. The van der Waals surface area contributed by atoms with Crippen LogP contribution >= 0.6 is 11.6 Å². The molecular formula is C15H15ClN4O. The Morgan fingerprint density at radius 1 is 1.43 bits per heavy atom. The molecule has 0 saturated carbocycles. The van der Waals surface area contributed by atoms with Crippen LogP contribution in [0.1, 0.15) is 6.92 Å². The number of hydrogen-bond acceptors (Lipinski definition) is 4. The number of anilines is 1. The number of halogens is 1. The summed E-state index contributed by atoms with van der Waals surface area (Å²) in [6.45, 7) is 2.13. The highest BCUT2D eigenvalue weighted by atomic mass is 35.5. The van der Waals surface area contributed by atoms with Gasteiger partial charge >= 0.3 is 0 Å². The van der Waals surface area contributed by atoms with Crippen molar-refractivity contribution in [3.63, 3.8) is 0 Å². The fourth-order valence-electron chi connectivity index (χ4n) is 2.19. The number of hydrogen-bond donors (Lipinski definition) is 3. The van der Waals surface area contributed by atoms with Crippen molar-refractivity contribution >= 4 is 28.5 Å². The number of aliphatic hydroxyl groups is 1. The van der Waals surface area contributed by atoms with E-state index in [1.165, 1.54) is 0 Å². The Labute approximate surface area is 127 Å². The number of aromatic amines is 1. The van der Waals surface area contributed by atoms with Crippen molar-refractivity contribution in [2.45, 2.75) is 13.0 Å². The van der Waals surface area contributed by atoms with E-state index in [2.05, 4.69) is 20.3 Å². The molecule has 3 heterocycles. The summed E-state index contributed by atoms with van der Waals surface area (Å²) >= 11 is 6.09. The molecule has 5 nitrogen and oxygen atoms in total. The maximum Gasteiger partial charge on any atom is 0.137 e. The molecule has 0 radical (unpaired) electrons. The first-order chi connectivity index (χ1) is 10.1. The Morgan fingerprint density at radius 3 is 3.10 bits per heavy atom. The summed E-state index contributed by atoms with van der Waals surface area (Å²) in [6, 6.07) is 7.62. The van der Waals surface area contributed by atoms with Gasteiger partial charge < -0.3 is 15.4 Å². The Morgan fingerprint density at radius 2 is 2.29 bits per heavy atom. The average Bonchev–Trinajstić information content (AvgIpc) is 2.88. The molecule has 0 aromatic carbocycles. The number of H-pyrrole nitrogens is 1. The van der Waals surface area contributed by atoms with Crippen molar-refractivity contribution in [1.29, 1.82) is 0 Å². The van der Waals surface area contributed by atoms with Crippen LogP contribution in [0, 0.1) is 0 Å². The largest absolute Gasteiger partial charge is 0.392 e. The van der Waals surface area contributed by atoms with Crippen molar-refractivity contribution in [3.05, 3.63) is 41.8 Å². The first-order valence-electron chi connectivity index (χ1n) is 6.65. The number of aliphatic hydroxyl groups excluding tert-OH is 1. The Bertz CT molecular complexity index is 769. The van der Waals surface area contributed by atoms with E-state index in [0.29, 0.717) is 17.5 Å². The minimum atomic E-state index is -0.452. The summed E-state index contributed by atoms with van der Waals surface area (Å²) < 4.78 is 0. The topological polar surface area (TPSA) is 73.8 Å². The fourth-order valence-corrected chi connectivity index (χ4v) is 2.40. The molecule has 3 N–H and O–H groups in total. The number of nitrogens with one attached hydrogen (secondary N) is 2. The van der Waals surface area contributed by atoms with Gasteiger partial charge in [-0.3, -0.25) is 0 Å². The molecule has 0 amide bonds. The van der Waals surface area contributed by atoms with Crippen LogP contribution in [0.15, 0.2) is 36.7 Å². The van der Waals surface area contributed by atoms with Crippen molar-refractivity contribution in [3.8, 4) is 11.1 Å². The lowest BCUT2D eigenvalue weighted by Crippen LogP contribution is -2.16. The Kier molecular flexibility index (Phi) is 3.77. The van der Waals surface area contributed by atoms with Crippen LogP contribution in [-0.4, -0.2) is 32.7 Å². The van der Waals surface area contributed by atoms with Crippen LogP contribution in [0.5, 0.6) is 0 Å². The van der Waals surface area contributed by atoms with Crippen molar-refractivity contribution < 1.29 is 5.11 Å². The number of rotatable bonds is 4. The van der Waals surface area contributed by atoms with Gasteiger partial charge in [0.2, 0.25) is 0 Å². The monoisotopic (exact) mass is 302 g/mol. The minimum Gasteiger partial charge on any atom is -0.392 e. The first-order valence-corrected chi connectivity index (χ1v) is 7.03. The summed E-state index contributed by atoms with van der Waals surface area (Å²) in [5.41, 5.74) is 2.80. The zero-order valence-corrected chi connectivity index (χ0v) is 12.2. The van der Waals surface area contributed by atoms with Crippen LogP contribution in [0.25, 0.3) is 22.2 Å². The Balaban J connectivity index is 2.01. The molecule has 0 aliphatic heterocycles. The summed E-state index contributed by atoms with van der Waals surface area (Å²) in [6.07, 6.45) is 3.20. The molecule has 21 heavy (non-hydrogen) atoms. The molecule has 108 valence electrons. The van der Waals surface area contributed by atoms with Crippen LogP contribution in [0.2, 0.25) is 5.15 Å². The van der Waals surface area contributed by atoms with E-state index in [4.69, 9.17) is 11.6 Å². The maximum absolute atomic E-state index is 9.34. The van der Waals surface area contributed by atoms with Gasteiger partial charge in [0, 0.05) is 29.9 Å². The predicted molar refractivity (Wildman–Crippen MR) is 84.5 cm³/mol. The van der Waals surface area contributed by atoms with E-state index in [0.717, 1.165) is 22.2 Å². The maximum atomic E-state index is 9.34. The Hall–Kier alpha value is -2.11. The second-order valence-electron chi connectivity index (χ2n) is 4.90. The van der Waals surface area contributed by atoms with E-state index in [1.807, 2.05) is 30.5 Å². The average molecular weight is 303 g/mol. The molecule has 1 atom stereocenters. The zero-order chi connectivity index (χ0) is 14.8. The van der Waals surface area contributed by atoms with E-state index in [1.54, 1.807) is 13.1 Å². The molecule has 0 aliphatic carbocycles. The molecule has 0 fully saturated rings. The van der Waals surface area contributed by atoms with Gasteiger partial charge in [0.25, 0.3) is 0 Å². The van der Waals surface area contributed by atoms with Gasteiger partial charge in [0.15, 0.2) is 0 Å². The third kappa shape index (κ3) is 2.99. The lowest BCUT2D eigenvalue weighted by Gasteiger charge is -2.09. The fraction of sp³-hybridized carbons (Fsp3) is 0.200. The van der Waals surface area contributed by atoms with Gasteiger partial charge in [-0.25, -0.2) is 9.97 Å². The minimum absolute atomic E-state index is 0.402. The van der Waals surface area contributed by atoms with E-state index < -0.39 is 6.10 Å². The van der Waals surface area contributed by atoms with Crippen LogP contribution < -0.4 is 5.32 Å². The van der Waals surface area contributed by atoms with Crippen molar-refractivity contribution in [1.82, 2.24) is 15.0 Å². The second-order valence-corrected chi connectivity index (χ2v) is 5.28. The molecule has 0 spiro atoms. The lowest BCUT2D eigenvalue weighted by molar-refractivity contribution is 0.208. The molecule has 3 aromatic heterocycles. The van der Waals surface area contributed by atoms with E-state index in [9.17, 15) is 5.11 Å². The third-order valence-corrected chi connectivity index (χ3v) is 3.33. The highest BCUT2D eigenvalue weighted by molar-refractivity contribution is 6.29. The summed E-state index contributed by atoms with van der Waals surface area (Å²) in [5, 5.41) is 13.8. The third-order valence-electron chi connectivity index (χ3n) is 3.13. The van der Waals surface area contributed by atoms with Gasteiger partial charge in [-0.05, 0) is 36.8 Å². The summed E-state index contributed by atoms with van der Waals surface area (Å²) in [7, 11) is 0. The molecular weight excluding hydrogens is 288 g/mol. The smallest absolute Gasteiger partial charge is 0.137 e. The highest BCUT2D eigenvalue weighted by Crippen LogP contribution is 2.30. The molecule has 0 saturated heterocycles. The van der Waals surface area contributed by atoms with Crippen LogP contribution in [-0.2, 0) is 0 Å². The number of aromatic nitrogens is 3. The lowest BCUT2D eigenvalue weighted by atomic mass is 10.1. The molecule has 0 aliphatic rings. The normalized spacial score (nSPS) is 12.5. The van der Waals surface area contributed by atoms with Gasteiger partial charge in [-0.1, -0.05) is 11.6 Å². The number of fused-ring (bicyclic) bond motifs is 1. The number of pyridine rings is 2. The highest BCUT2D eigenvalue weighted by Gasteiger charge is 2.09. The van der Waals surface area contributed by atoms with Crippen molar-refractivity contribution in [2.24, 2.45) is 0 Å². The van der Waals surface area contributed by atoms with Gasteiger partial charge in [0.05, 0.1) is 6.10 Å². The second kappa shape index (κ2) is 5.71. The number of nitrogens with zero attached hydrogens (tertiary/aromatic N) is 2. The van der Waals surface area contributed by atoms with Crippen LogP contribution in [0.3, 0.4) is 0 Å². The SMILES string of the molecule is CC(O)CNc1cc(-c2c[nH]c3ncccc23)cc(Cl)n1. The van der Waals surface area contributed by atoms with Gasteiger partial charge in [-0.15, -0.1) is 0 Å². The standard InChI is InChI=1S/C15H15ClN4O/c1-9(21)7-18-14-6-10(5-13(16)20-14)12-8-19-15-11(12)3-2-4-17-15/h2-6,8-9,21H,7H2,1H3,(H,17,19)(H,18,20). The molecule has 0 bridgehead atoms. The van der Waals surface area contributed by atoms with E-state index in [-0.39, 0.29) is 0 Å². The summed E-state index contributed by atoms with van der Waals surface area (Å²) in [5.74, 6) is 0.636. The van der Waals surface area contributed by atoms with Crippen molar-refractivity contribution in [2.75, 3.05) is 11.9 Å². The predicted octanol–water partition coefficient (Wildman–Crippen LogP) is 3.07. The quantitative estimate of drug-likeness (QED) is 0.648.